The molecular formula is C18H21NO. The summed E-state index contributed by atoms with van der Waals surface area (Å²) in [7, 11) is 0. The van der Waals surface area contributed by atoms with Crippen LogP contribution in [0.1, 0.15) is 25.0 Å². The molecule has 1 amide bonds. The van der Waals surface area contributed by atoms with Gasteiger partial charge < -0.3 is 5.32 Å². The largest absolute Gasteiger partial charge is 0.354 e. The van der Waals surface area contributed by atoms with Crippen molar-refractivity contribution in [3.63, 3.8) is 0 Å². The molecule has 0 aliphatic carbocycles. The van der Waals surface area contributed by atoms with Crippen molar-refractivity contribution >= 4 is 5.91 Å². The Morgan fingerprint density at radius 1 is 1.00 bits per heavy atom. The van der Waals surface area contributed by atoms with Crippen LogP contribution in [0.2, 0.25) is 0 Å². The van der Waals surface area contributed by atoms with Gasteiger partial charge in [-0.2, -0.15) is 0 Å². The molecular weight excluding hydrogens is 246 g/mol. The molecule has 2 aromatic rings. The Bertz CT molecular complexity index is 569. The number of amides is 1. The van der Waals surface area contributed by atoms with Crippen LogP contribution in [0.15, 0.2) is 48.5 Å². The molecule has 0 aliphatic heterocycles. The number of carbonyl (C=O) groups excluding carboxylic acids is 1. The number of hydrogen-bond acceptors (Lipinski definition) is 1. The third-order valence-electron chi connectivity index (χ3n) is 3.33. The lowest BCUT2D eigenvalue weighted by Crippen LogP contribution is -2.31. The first-order valence-electron chi connectivity index (χ1n) is 6.97. The first kappa shape index (κ1) is 14.3. The summed E-state index contributed by atoms with van der Waals surface area (Å²) in [6.07, 6.45) is 0.855. The zero-order chi connectivity index (χ0) is 14.5. The second-order valence-corrected chi connectivity index (χ2v) is 5.37. The molecule has 0 spiro atoms. The summed E-state index contributed by atoms with van der Waals surface area (Å²) < 4.78 is 0. The molecule has 1 unspecified atom stereocenters. The summed E-state index contributed by atoms with van der Waals surface area (Å²) >= 11 is 0. The quantitative estimate of drug-likeness (QED) is 0.898. The van der Waals surface area contributed by atoms with E-state index in [2.05, 4.69) is 60.8 Å². The average Bonchev–Trinajstić information content (AvgIpc) is 2.39. The van der Waals surface area contributed by atoms with E-state index in [1.54, 1.807) is 6.92 Å². The molecule has 20 heavy (non-hydrogen) atoms. The standard InChI is InChI=1S/C18H21NO/c1-13-4-8-17(9-5-13)18-10-6-16(7-11-18)12-14(2)19-15(3)20/h4-11,14H,12H2,1-3H3,(H,19,20). The molecule has 0 bridgehead atoms. The molecule has 1 N–H and O–H groups in total. The van der Waals surface area contributed by atoms with Gasteiger partial charge in [-0.3, -0.25) is 4.79 Å². The number of rotatable bonds is 4. The Kier molecular flexibility index (Phi) is 4.57. The van der Waals surface area contributed by atoms with Crippen LogP contribution in [0.25, 0.3) is 11.1 Å². The minimum atomic E-state index is 0.0220. The van der Waals surface area contributed by atoms with Gasteiger partial charge in [0.2, 0.25) is 5.91 Å². The fourth-order valence-electron chi connectivity index (χ4n) is 2.33. The van der Waals surface area contributed by atoms with Crippen molar-refractivity contribution in [2.75, 3.05) is 0 Å². The van der Waals surface area contributed by atoms with Gasteiger partial charge in [0.1, 0.15) is 0 Å². The summed E-state index contributed by atoms with van der Waals surface area (Å²) in [6.45, 7) is 5.67. The van der Waals surface area contributed by atoms with Crippen molar-refractivity contribution in [2.45, 2.75) is 33.2 Å². The molecule has 0 fully saturated rings. The highest BCUT2D eigenvalue weighted by atomic mass is 16.1. The van der Waals surface area contributed by atoms with E-state index in [0.717, 1.165) is 6.42 Å². The lowest BCUT2D eigenvalue weighted by molar-refractivity contribution is -0.119. The first-order chi connectivity index (χ1) is 9.54. The Hall–Kier alpha value is -2.09. The van der Waals surface area contributed by atoms with Gasteiger partial charge in [-0.15, -0.1) is 0 Å². The number of hydrogen-bond donors (Lipinski definition) is 1. The zero-order valence-electron chi connectivity index (χ0n) is 12.3. The summed E-state index contributed by atoms with van der Waals surface area (Å²) in [5.41, 5.74) is 4.97. The predicted molar refractivity (Wildman–Crippen MR) is 83.6 cm³/mol. The van der Waals surface area contributed by atoms with Gasteiger partial charge in [0.05, 0.1) is 0 Å². The minimum Gasteiger partial charge on any atom is -0.354 e. The number of nitrogens with one attached hydrogen (secondary N) is 1. The maximum Gasteiger partial charge on any atom is 0.217 e. The first-order valence-corrected chi connectivity index (χ1v) is 6.97. The number of aryl methyl sites for hydroxylation is 1. The molecule has 0 heterocycles. The van der Waals surface area contributed by atoms with Crippen LogP contribution < -0.4 is 5.32 Å². The van der Waals surface area contributed by atoms with Crippen LogP contribution in [-0.2, 0) is 11.2 Å². The Morgan fingerprint density at radius 3 is 2.00 bits per heavy atom. The van der Waals surface area contributed by atoms with Gasteiger partial charge in [-0.25, -0.2) is 0 Å². The minimum absolute atomic E-state index is 0.0220. The van der Waals surface area contributed by atoms with Gasteiger partial charge in [0.25, 0.3) is 0 Å². The van der Waals surface area contributed by atoms with Crippen molar-refractivity contribution in [1.29, 1.82) is 0 Å². The molecule has 2 aromatic carbocycles. The zero-order valence-corrected chi connectivity index (χ0v) is 12.3. The molecule has 0 saturated heterocycles. The topological polar surface area (TPSA) is 29.1 Å². The van der Waals surface area contributed by atoms with Crippen LogP contribution in [0.5, 0.6) is 0 Å². The van der Waals surface area contributed by atoms with Crippen molar-refractivity contribution in [3.8, 4) is 11.1 Å². The molecule has 2 nitrogen and oxygen atoms in total. The monoisotopic (exact) mass is 267 g/mol. The SMILES string of the molecule is CC(=O)NC(C)Cc1ccc(-c2ccc(C)cc2)cc1. The number of carbonyl (C=O) groups is 1. The van der Waals surface area contributed by atoms with Crippen molar-refractivity contribution < 1.29 is 4.79 Å². The van der Waals surface area contributed by atoms with Crippen molar-refractivity contribution in [3.05, 3.63) is 59.7 Å². The molecule has 0 aliphatic rings. The fourth-order valence-corrected chi connectivity index (χ4v) is 2.33. The summed E-state index contributed by atoms with van der Waals surface area (Å²) in [5.74, 6) is 0.0220. The molecule has 2 heteroatoms. The lowest BCUT2D eigenvalue weighted by atomic mass is 10.0. The molecule has 0 radical (unpaired) electrons. The third-order valence-corrected chi connectivity index (χ3v) is 3.33. The molecule has 1 atom stereocenters. The summed E-state index contributed by atoms with van der Waals surface area (Å²) in [4.78, 5) is 11.0. The van der Waals surface area contributed by atoms with E-state index in [1.165, 1.54) is 22.3 Å². The van der Waals surface area contributed by atoms with Gasteiger partial charge in [0, 0.05) is 13.0 Å². The van der Waals surface area contributed by atoms with Crippen molar-refractivity contribution in [2.24, 2.45) is 0 Å². The Morgan fingerprint density at radius 2 is 1.50 bits per heavy atom. The summed E-state index contributed by atoms with van der Waals surface area (Å²) in [5, 5.41) is 2.90. The Labute approximate surface area is 120 Å². The van der Waals surface area contributed by atoms with E-state index in [-0.39, 0.29) is 11.9 Å². The van der Waals surface area contributed by atoms with Crippen LogP contribution in [0.3, 0.4) is 0 Å². The highest BCUT2D eigenvalue weighted by Gasteiger charge is 2.05. The van der Waals surface area contributed by atoms with Gasteiger partial charge in [-0.05, 0) is 37.0 Å². The summed E-state index contributed by atoms with van der Waals surface area (Å²) in [6, 6.07) is 17.2. The molecule has 104 valence electrons. The van der Waals surface area contributed by atoms with E-state index >= 15 is 0 Å². The maximum absolute atomic E-state index is 11.0. The van der Waals surface area contributed by atoms with E-state index in [4.69, 9.17) is 0 Å². The van der Waals surface area contributed by atoms with Crippen LogP contribution in [0.4, 0.5) is 0 Å². The smallest absolute Gasteiger partial charge is 0.217 e. The van der Waals surface area contributed by atoms with Crippen LogP contribution in [0, 0.1) is 6.92 Å². The maximum atomic E-state index is 11.0. The van der Waals surface area contributed by atoms with E-state index in [0.29, 0.717) is 0 Å². The van der Waals surface area contributed by atoms with Crippen LogP contribution >= 0.6 is 0 Å². The molecule has 0 saturated carbocycles. The molecule has 0 aromatic heterocycles. The fraction of sp³-hybridized carbons (Fsp3) is 0.278. The van der Waals surface area contributed by atoms with Crippen LogP contribution in [-0.4, -0.2) is 11.9 Å². The predicted octanol–water partition coefficient (Wildman–Crippen LogP) is 3.73. The van der Waals surface area contributed by atoms with E-state index < -0.39 is 0 Å². The number of benzene rings is 2. The molecule has 2 rings (SSSR count). The Balaban J connectivity index is 2.06. The highest BCUT2D eigenvalue weighted by molar-refractivity contribution is 5.73. The normalized spacial score (nSPS) is 11.9. The second-order valence-electron chi connectivity index (χ2n) is 5.37. The van der Waals surface area contributed by atoms with Gasteiger partial charge in [-0.1, -0.05) is 54.1 Å². The van der Waals surface area contributed by atoms with E-state index in [1.807, 2.05) is 6.92 Å². The third kappa shape index (κ3) is 3.95. The van der Waals surface area contributed by atoms with Crippen molar-refractivity contribution in [1.82, 2.24) is 5.32 Å². The average molecular weight is 267 g/mol. The van der Waals surface area contributed by atoms with Gasteiger partial charge in [0.15, 0.2) is 0 Å². The van der Waals surface area contributed by atoms with Gasteiger partial charge >= 0.3 is 0 Å². The lowest BCUT2D eigenvalue weighted by Gasteiger charge is -2.12. The second kappa shape index (κ2) is 6.38. The van der Waals surface area contributed by atoms with E-state index in [9.17, 15) is 4.79 Å². The highest BCUT2D eigenvalue weighted by Crippen LogP contribution is 2.20.